The summed E-state index contributed by atoms with van der Waals surface area (Å²) in [5.74, 6) is -0.649. The first-order valence-corrected chi connectivity index (χ1v) is 7.00. The third-order valence-electron chi connectivity index (χ3n) is 2.45. The van der Waals surface area contributed by atoms with E-state index >= 15 is 0 Å². The number of nitrogens with two attached hydrogens (primary N) is 1. The molecule has 2 aromatic rings. The molecule has 0 amide bonds. The van der Waals surface area contributed by atoms with Crippen LogP contribution in [0.4, 0.5) is 4.39 Å². The molecule has 6 heteroatoms. The first-order valence-electron chi connectivity index (χ1n) is 5.46. The Kier molecular flexibility index (Phi) is 3.82. The number of hydrogen-bond donors (Lipinski definition) is 1. The van der Waals surface area contributed by atoms with Crippen LogP contribution in [0.3, 0.4) is 0 Å². The molecule has 0 aromatic heterocycles. The van der Waals surface area contributed by atoms with Crippen LogP contribution in [0.1, 0.15) is 5.56 Å². The highest BCUT2D eigenvalue weighted by Gasteiger charge is 2.16. The zero-order chi connectivity index (χ0) is 13.9. The molecule has 0 fully saturated rings. The smallest absolute Gasteiger partial charge is 0.241 e. The van der Waals surface area contributed by atoms with Crippen LogP contribution in [0, 0.1) is 5.82 Å². The van der Waals surface area contributed by atoms with E-state index in [0.717, 1.165) is 17.7 Å². The highest BCUT2D eigenvalue weighted by molar-refractivity contribution is 7.89. The number of ether oxygens (including phenoxy) is 1. The van der Waals surface area contributed by atoms with Gasteiger partial charge in [-0.05, 0) is 23.8 Å². The molecule has 0 bridgehead atoms. The molecule has 19 heavy (non-hydrogen) atoms. The van der Waals surface area contributed by atoms with E-state index < -0.39 is 15.8 Å². The van der Waals surface area contributed by atoms with Crippen LogP contribution in [-0.4, -0.2) is 8.42 Å². The van der Waals surface area contributed by atoms with Crippen molar-refractivity contribution >= 4 is 10.0 Å². The van der Waals surface area contributed by atoms with Gasteiger partial charge in [-0.15, -0.1) is 0 Å². The van der Waals surface area contributed by atoms with Crippen LogP contribution < -0.4 is 9.88 Å². The van der Waals surface area contributed by atoms with Gasteiger partial charge >= 0.3 is 0 Å². The van der Waals surface area contributed by atoms with Crippen molar-refractivity contribution < 1.29 is 17.5 Å². The molecule has 0 aliphatic rings. The van der Waals surface area contributed by atoms with Gasteiger partial charge in [0.05, 0.1) is 0 Å². The molecule has 0 atom stereocenters. The normalized spacial score (nSPS) is 11.3. The van der Waals surface area contributed by atoms with Gasteiger partial charge in [-0.2, -0.15) is 0 Å². The minimum Gasteiger partial charge on any atom is -0.487 e. The summed E-state index contributed by atoms with van der Waals surface area (Å²) < 4.78 is 41.1. The van der Waals surface area contributed by atoms with Crippen molar-refractivity contribution in [3.05, 3.63) is 59.9 Å². The number of hydrogen-bond acceptors (Lipinski definition) is 3. The fourth-order valence-electron chi connectivity index (χ4n) is 1.56. The Morgan fingerprint density at radius 2 is 1.79 bits per heavy atom. The molecule has 0 saturated carbocycles. The second-order valence-corrected chi connectivity index (χ2v) is 5.44. The summed E-state index contributed by atoms with van der Waals surface area (Å²) in [7, 11) is -4.03. The molecule has 100 valence electrons. The summed E-state index contributed by atoms with van der Waals surface area (Å²) in [5.41, 5.74) is 0.868. The maximum Gasteiger partial charge on any atom is 0.241 e. The van der Waals surface area contributed by atoms with Crippen molar-refractivity contribution in [1.82, 2.24) is 0 Å². The van der Waals surface area contributed by atoms with Crippen molar-refractivity contribution in [2.75, 3.05) is 0 Å². The topological polar surface area (TPSA) is 69.4 Å². The van der Waals surface area contributed by atoms with Gasteiger partial charge in [0, 0.05) is 0 Å². The van der Waals surface area contributed by atoms with Crippen LogP contribution in [0.25, 0.3) is 0 Å². The van der Waals surface area contributed by atoms with Gasteiger partial charge in [-0.25, -0.2) is 17.9 Å². The largest absolute Gasteiger partial charge is 0.487 e. The van der Waals surface area contributed by atoms with E-state index in [4.69, 9.17) is 9.88 Å². The summed E-state index contributed by atoms with van der Waals surface area (Å²) in [5, 5.41) is 5.02. The van der Waals surface area contributed by atoms with E-state index in [2.05, 4.69) is 0 Å². The molecule has 0 spiro atoms. The van der Waals surface area contributed by atoms with E-state index in [1.54, 1.807) is 0 Å². The van der Waals surface area contributed by atoms with Gasteiger partial charge < -0.3 is 4.74 Å². The lowest BCUT2D eigenvalue weighted by Gasteiger charge is -2.10. The number of sulfonamides is 1. The Balaban J connectivity index is 2.26. The Hall–Kier alpha value is -1.92. The van der Waals surface area contributed by atoms with Crippen LogP contribution in [0.5, 0.6) is 5.75 Å². The van der Waals surface area contributed by atoms with E-state index in [1.807, 2.05) is 30.3 Å². The summed E-state index contributed by atoms with van der Waals surface area (Å²) >= 11 is 0. The molecular formula is C13H12FNO3S. The Bertz CT molecular complexity index is 672. The van der Waals surface area contributed by atoms with Crippen molar-refractivity contribution in [2.45, 2.75) is 11.5 Å². The van der Waals surface area contributed by atoms with Gasteiger partial charge in [-0.1, -0.05) is 30.3 Å². The summed E-state index contributed by atoms with van der Waals surface area (Å²) in [6, 6.07) is 12.4. The molecule has 2 aromatic carbocycles. The van der Waals surface area contributed by atoms with Crippen molar-refractivity contribution in [2.24, 2.45) is 5.14 Å². The molecule has 2 rings (SSSR count). The predicted molar refractivity (Wildman–Crippen MR) is 68.5 cm³/mol. The molecule has 2 N–H and O–H groups in total. The van der Waals surface area contributed by atoms with Crippen molar-refractivity contribution in [1.29, 1.82) is 0 Å². The highest BCUT2D eigenvalue weighted by Crippen LogP contribution is 2.24. The Morgan fingerprint density at radius 1 is 1.11 bits per heavy atom. The number of halogens is 1. The van der Waals surface area contributed by atoms with E-state index in [-0.39, 0.29) is 17.3 Å². The van der Waals surface area contributed by atoms with Crippen LogP contribution in [0.15, 0.2) is 53.4 Å². The zero-order valence-electron chi connectivity index (χ0n) is 9.91. The minimum atomic E-state index is -4.03. The average molecular weight is 281 g/mol. The van der Waals surface area contributed by atoms with Crippen molar-refractivity contribution in [3.8, 4) is 5.75 Å². The average Bonchev–Trinajstić information content (AvgIpc) is 2.37. The third-order valence-corrected chi connectivity index (χ3v) is 3.38. The fraction of sp³-hybridized carbons (Fsp3) is 0.0769. The lowest BCUT2D eigenvalue weighted by molar-refractivity contribution is 0.297. The Morgan fingerprint density at radius 3 is 2.42 bits per heavy atom. The number of benzene rings is 2. The lowest BCUT2D eigenvalue weighted by Crippen LogP contribution is -2.14. The molecule has 0 saturated heterocycles. The minimum absolute atomic E-state index is 0.0350. The quantitative estimate of drug-likeness (QED) is 0.932. The molecule has 4 nitrogen and oxygen atoms in total. The van der Waals surface area contributed by atoms with Crippen LogP contribution >= 0.6 is 0 Å². The van der Waals surface area contributed by atoms with E-state index in [9.17, 15) is 12.8 Å². The first-order chi connectivity index (χ1) is 8.97. The maximum atomic E-state index is 13.1. The standard InChI is InChI=1S/C13H12FNO3S/c14-11-6-7-12(13(8-11)19(15,16)17)18-9-10-4-2-1-3-5-10/h1-8H,9H2,(H2,15,16,17). The van der Waals surface area contributed by atoms with E-state index in [0.29, 0.717) is 0 Å². The van der Waals surface area contributed by atoms with Crippen LogP contribution in [-0.2, 0) is 16.6 Å². The SMILES string of the molecule is NS(=O)(=O)c1cc(F)ccc1OCc1ccccc1. The molecular weight excluding hydrogens is 269 g/mol. The van der Waals surface area contributed by atoms with Gasteiger partial charge in [0.15, 0.2) is 0 Å². The summed E-state index contributed by atoms with van der Waals surface area (Å²) in [6.45, 7) is 0.176. The maximum absolute atomic E-state index is 13.1. The second-order valence-electron chi connectivity index (χ2n) is 3.91. The lowest BCUT2D eigenvalue weighted by atomic mass is 10.2. The summed E-state index contributed by atoms with van der Waals surface area (Å²) in [4.78, 5) is -0.358. The van der Waals surface area contributed by atoms with E-state index in [1.165, 1.54) is 6.07 Å². The van der Waals surface area contributed by atoms with Gasteiger partial charge in [0.25, 0.3) is 0 Å². The van der Waals surface area contributed by atoms with Gasteiger partial charge in [0.2, 0.25) is 10.0 Å². The zero-order valence-corrected chi connectivity index (χ0v) is 10.7. The molecule has 0 heterocycles. The fourth-order valence-corrected chi connectivity index (χ4v) is 2.24. The van der Waals surface area contributed by atoms with Crippen molar-refractivity contribution in [3.63, 3.8) is 0 Å². The molecule has 0 radical (unpaired) electrons. The monoisotopic (exact) mass is 281 g/mol. The molecule has 0 aliphatic carbocycles. The highest BCUT2D eigenvalue weighted by atomic mass is 32.2. The number of primary sulfonamides is 1. The Labute approximate surface area is 110 Å². The number of rotatable bonds is 4. The summed E-state index contributed by atoms with van der Waals surface area (Å²) in [6.07, 6.45) is 0. The van der Waals surface area contributed by atoms with Gasteiger partial charge in [0.1, 0.15) is 23.1 Å². The predicted octanol–water partition coefficient (Wildman–Crippen LogP) is 2.05. The second kappa shape index (κ2) is 5.38. The molecule has 0 unspecified atom stereocenters. The third kappa shape index (κ3) is 3.52. The first kappa shape index (κ1) is 13.5. The van der Waals surface area contributed by atoms with Gasteiger partial charge in [-0.3, -0.25) is 0 Å². The van der Waals surface area contributed by atoms with Crippen LogP contribution in [0.2, 0.25) is 0 Å². The molecule has 0 aliphatic heterocycles.